The van der Waals surface area contributed by atoms with Crippen molar-refractivity contribution in [3.05, 3.63) is 42.5 Å². The monoisotopic (exact) mass is 233 g/mol. The molecule has 1 rings (SSSR count). The Morgan fingerprint density at radius 1 is 1.53 bits per heavy atom. The maximum atomic E-state index is 11.3. The predicted molar refractivity (Wildman–Crippen MR) is 58.9 cm³/mol. The number of hydrogen-bond acceptors (Lipinski definition) is 3. The third-order valence-corrected chi connectivity index (χ3v) is 1.51. The van der Waals surface area contributed by atoms with Crippen LogP contribution in [-0.2, 0) is 4.84 Å². The Bertz CT molecular complexity index is 341. The molecular weight excluding hydrogens is 221 g/mol. The molecule has 1 aromatic rings. The molecule has 1 aromatic carbocycles. The van der Waals surface area contributed by atoms with E-state index in [1.54, 1.807) is 12.1 Å². The molecule has 0 aliphatic heterocycles. The van der Waals surface area contributed by atoms with E-state index < -0.39 is 5.91 Å². The SMILES string of the molecule is C=CCONC(=O)c1ccccc1O.[KH]. The summed E-state index contributed by atoms with van der Waals surface area (Å²) in [6.07, 6.45) is 1.51. The number of para-hydroxylation sites is 1. The molecule has 0 radical (unpaired) electrons. The Kier molecular flexibility index (Phi) is 7.94. The molecule has 0 fully saturated rings. The van der Waals surface area contributed by atoms with Gasteiger partial charge in [0.15, 0.2) is 0 Å². The number of benzene rings is 1. The zero-order chi connectivity index (χ0) is 10.4. The molecule has 0 aromatic heterocycles. The van der Waals surface area contributed by atoms with Crippen LogP contribution in [0.5, 0.6) is 5.75 Å². The van der Waals surface area contributed by atoms with Crippen molar-refractivity contribution in [1.82, 2.24) is 5.48 Å². The number of phenolic OH excluding ortho intramolecular Hbond substituents is 1. The van der Waals surface area contributed by atoms with Gasteiger partial charge in [0, 0.05) is 0 Å². The van der Waals surface area contributed by atoms with Crippen molar-refractivity contribution in [3.8, 4) is 5.75 Å². The summed E-state index contributed by atoms with van der Waals surface area (Å²) in [6, 6.07) is 6.23. The van der Waals surface area contributed by atoms with Crippen LogP contribution >= 0.6 is 0 Å². The summed E-state index contributed by atoms with van der Waals surface area (Å²) in [5.41, 5.74) is 2.35. The topological polar surface area (TPSA) is 58.6 Å². The van der Waals surface area contributed by atoms with Crippen molar-refractivity contribution < 1.29 is 14.7 Å². The zero-order valence-electron chi connectivity index (χ0n) is 7.56. The fourth-order valence-corrected chi connectivity index (χ4v) is 0.887. The van der Waals surface area contributed by atoms with Crippen molar-refractivity contribution >= 4 is 57.3 Å². The number of carbonyl (C=O) groups is 1. The van der Waals surface area contributed by atoms with E-state index >= 15 is 0 Å². The van der Waals surface area contributed by atoms with Gasteiger partial charge in [-0.05, 0) is 12.1 Å². The van der Waals surface area contributed by atoms with Gasteiger partial charge in [-0.3, -0.25) is 9.63 Å². The average molecular weight is 233 g/mol. The van der Waals surface area contributed by atoms with E-state index in [1.165, 1.54) is 18.2 Å². The van der Waals surface area contributed by atoms with Gasteiger partial charge in [-0.25, -0.2) is 5.48 Å². The van der Waals surface area contributed by atoms with E-state index in [-0.39, 0.29) is 69.3 Å². The van der Waals surface area contributed by atoms with Crippen molar-refractivity contribution in [2.24, 2.45) is 0 Å². The molecule has 4 nitrogen and oxygen atoms in total. The molecule has 15 heavy (non-hydrogen) atoms. The summed E-state index contributed by atoms with van der Waals surface area (Å²) in [6.45, 7) is 3.64. The Balaban J connectivity index is 0.00000196. The van der Waals surface area contributed by atoms with Crippen LogP contribution in [0.4, 0.5) is 0 Å². The third kappa shape index (κ3) is 4.92. The van der Waals surface area contributed by atoms with Crippen LogP contribution in [0.15, 0.2) is 36.9 Å². The van der Waals surface area contributed by atoms with Crippen LogP contribution in [0, 0.1) is 0 Å². The van der Waals surface area contributed by atoms with Gasteiger partial charge in [0.05, 0.1) is 12.2 Å². The fourth-order valence-electron chi connectivity index (χ4n) is 0.887. The summed E-state index contributed by atoms with van der Waals surface area (Å²) in [5.74, 6) is -0.558. The quantitative estimate of drug-likeness (QED) is 0.346. The molecule has 5 heteroatoms. The normalized spacial score (nSPS) is 8.80. The molecule has 0 atom stereocenters. The second-order valence-electron chi connectivity index (χ2n) is 2.55. The second kappa shape index (κ2) is 8.03. The molecule has 0 saturated heterocycles. The van der Waals surface area contributed by atoms with E-state index in [9.17, 15) is 9.90 Å². The number of hydrogen-bond donors (Lipinski definition) is 2. The van der Waals surface area contributed by atoms with E-state index in [0.29, 0.717) is 0 Å². The van der Waals surface area contributed by atoms with Crippen LogP contribution in [0.2, 0.25) is 0 Å². The first-order valence-electron chi connectivity index (χ1n) is 4.06. The Hall–Kier alpha value is -0.174. The number of carbonyl (C=O) groups excluding carboxylic acids is 1. The Morgan fingerprint density at radius 3 is 2.80 bits per heavy atom. The van der Waals surface area contributed by atoms with E-state index in [2.05, 4.69) is 12.1 Å². The van der Waals surface area contributed by atoms with Gasteiger partial charge in [0.1, 0.15) is 5.75 Å². The minimum absolute atomic E-state index is 0. The first-order valence-corrected chi connectivity index (χ1v) is 4.06. The van der Waals surface area contributed by atoms with Crippen LogP contribution in [0.3, 0.4) is 0 Å². The van der Waals surface area contributed by atoms with E-state index in [1.807, 2.05) is 0 Å². The van der Waals surface area contributed by atoms with Crippen LogP contribution in [0.25, 0.3) is 0 Å². The van der Waals surface area contributed by atoms with E-state index in [0.717, 1.165) is 0 Å². The number of rotatable bonds is 4. The number of aromatic hydroxyl groups is 1. The Morgan fingerprint density at radius 2 is 2.20 bits per heavy atom. The van der Waals surface area contributed by atoms with Gasteiger partial charge >= 0.3 is 51.4 Å². The fraction of sp³-hybridized carbons (Fsp3) is 0.100. The van der Waals surface area contributed by atoms with Gasteiger partial charge in [0.2, 0.25) is 0 Å². The summed E-state index contributed by atoms with van der Waals surface area (Å²) >= 11 is 0. The molecule has 0 aliphatic carbocycles. The van der Waals surface area contributed by atoms with Crippen molar-refractivity contribution in [2.75, 3.05) is 6.61 Å². The second-order valence-corrected chi connectivity index (χ2v) is 2.55. The molecule has 2 N–H and O–H groups in total. The molecule has 0 heterocycles. The molecule has 1 amide bonds. The summed E-state index contributed by atoms with van der Waals surface area (Å²) < 4.78 is 0. The van der Waals surface area contributed by atoms with Gasteiger partial charge < -0.3 is 5.11 Å². The number of amides is 1. The van der Waals surface area contributed by atoms with Crippen LogP contribution in [-0.4, -0.2) is 69.0 Å². The zero-order valence-corrected chi connectivity index (χ0v) is 7.56. The average Bonchev–Trinajstić information content (AvgIpc) is 2.18. The third-order valence-electron chi connectivity index (χ3n) is 1.51. The number of phenols is 1. The summed E-state index contributed by atoms with van der Waals surface area (Å²) in [4.78, 5) is 16.0. The number of hydroxylamine groups is 1. The Labute approximate surface area is 131 Å². The van der Waals surface area contributed by atoms with Crippen molar-refractivity contribution in [1.29, 1.82) is 0 Å². The predicted octanol–water partition coefficient (Wildman–Crippen LogP) is 0.591. The standard InChI is InChI=1S/C10H11NO3.K.H/c1-2-7-14-11-10(13)8-5-3-4-6-9(8)12;;/h2-6,12H,1,7H2,(H,11,13);;. The van der Waals surface area contributed by atoms with Gasteiger partial charge in [-0.15, -0.1) is 6.58 Å². The maximum absolute atomic E-state index is 11.3. The van der Waals surface area contributed by atoms with E-state index in [4.69, 9.17) is 4.84 Å². The molecule has 0 unspecified atom stereocenters. The molecule has 0 bridgehead atoms. The first kappa shape index (κ1) is 14.8. The number of nitrogens with one attached hydrogen (secondary N) is 1. The molecule has 0 spiro atoms. The van der Waals surface area contributed by atoms with Crippen LogP contribution in [0.1, 0.15) is 10.4 Å². The molecule has 0 aliphatic rings. The summed E-state index contributed by atoms with van der Waals surface area (Å²) in [5, 5.41) is 9.30. The van der Waals surface area contributed by atoms with Gasteiger partial charge in [-0.2, -0.15) is 0 Å². The van der Waals surface area contributed by atoms with Crippen molar-refractivity contribution in [3.63, 3.8) is 0 Å². The minimum atomic E-state index is -0.482. The molecular formula is C10H12KNO3. The van der Waals surface area contributed by atoms with Gasteiger partial charge in [0.25, 0.3) is 5.91 Å². The first-order chi connectivity index (χ1) is 6.75. The van der Waals surface area contributed by atoms with Crippen molar-refractivity contribution in [2.45, 2.75) is 0 Å². The van der Waals surface area contributed by atoms with Crippen LogP contribution < -0.4 is 5.48 Å². The molecule has 76 valence electrons. The van der Waals surface area contributed by atoms with Gasteiger partial charge in [-0.1, -0.05) is 18.2 Å². The molecule has 0 saturated carbocycles. The summed E-state index contributed by atoms with van der Waals surface area (Å²) in [7, 11) is 0.